The molecule has 0 amide bonds. The molecule has 4 aromatic rings. The van der Waals surface area contributed by atoms with Gasteiger partial charge in [0.2, 0.25) is 5.69 Å². The van der Waals surface area contributed by atoms with Gasteiger partial charge in [-0.25, -0.2) is 4.58 Å². The minimum absolute atomic E-state index is 0.0966. The van der Waals surface area contributed by atoms with Crippen molar-refractivity contribution in [2.24, 2.45) is 0 Å². The first kappa shape index (κ1) is 35.7. The first-order chi connectivity index (χ1) is 23.3. The molecule has 5 rings (SSSR count). The lowest BCUT2D eigenvalue weighted by molar-refractivity contribution is -0.539. The van der Waals surface area contributed by atoms with E-state index in [-0.39, 0.29) is 10.3 Å². The van der Waals surface area contributed by atoms with Gasteiger partial charge in [-0.15, -0.1) is 0 Å². The fourth-order valence-electron chi connectivity index (χ4n) is 6.30. The van der Waals surface area contributed by atoms with Gasteiger partial charge in [0, 0.05) is 47.9 Å². The van der Waals surface area contributed by atoms with Crippen LogP contribution in [0.3, 0.4) is 0 Å². The SMILES string of the molecule is CC=[N+](Cc1cccc(C)c1)c1ccc(C(=C2C=CC(=[N+](CC)Cc3cccc(C)c3)C=C2)c2ccc(C(C)(C)C)cc2S(=O)(=O)O)cc1. The zero-order chi connectivity index (χ0) is 35.3. The fourth-order valence-corrected chi connectivity index (χ4v) is 7.02. The second-order valence-corrected chi connectivity index (χ2v) is 15.2. The van der Waals surface area contributed by atoms with Crippen LogP contribution in [0.5, 0.6) is 0 Å². The molecule has 0 saturated carbocycles. The van der Waals surface area contributed by atoms with Gasteiger partial charge in [-0.2, -0.15) is 13.0 Å². The Morgan fingerprint density at radius 2 is 1.37 bits per heavy atom. The number of aryl methyl sites for hydroxylation is 2. The van der Waals surface area contributed by atoms with E-state index < -0.39 is 10.1 Å². The average molecular weight is 673 g/mol. The van der Waals surface area contributed by atoms with Crippen LogP contribution in [-0.4, -0.2) is 40.6 Å². The van der Waals surface area contributed by atoms with E-state index in [9.17, 15) is 13.0 Å². The summed E-state index contributed by atoms with van der Waals surface area (Å²) >= 11 is 0. The molecule has 0 bridgehead atoms. The maximum Gasteiger partial charge on any atom is 0.295 e. The second-order valence-electron chi connectivity index (χ2n) is 13.8. The predicted molar refractivity (Wildman–Crippen MR) is 203 cm³/mol. The van der Waals surface area contributed by atoms with Crippen LogP contribution in [0.25, 0.3) is 5.57 Å². The summed E-state index contributed by atoms with van der Waals surface area (Å²) in [7, 11) is -4.55. The summed E-state index contributed by atoms with van der Waals surface area (Å²) < 4.78 is 41.0. The lowest BCUT2D eigenvalue weighted by atomic mass is 9.84. The normalized spacial score (nSPS) is 13.6. The first-order valence-electron chi connectivity index (χ1n) is 16.9. The van der Waals surface area contributed by atoms with Crippen LogP contribution < -0.4 is 0 Å². The van der Waals surface area contributed by atoms with Crippen molar-refractivity contribution in [3.8, 4) is 0 Å². The van der Waals surface area contributed by atoms with Crippen molar-refractivity contribution >= 4 is 33.3 Å². The van der Waals surface area contributed by atoms with Crippen LogP contribution in [0.4, 0.5) is 5.69 Å². The number of benzene rings is 4. The van der Waals surface area contributed by atoms with Gasteiger partial charge in [0.05, 0.1) is 0 Å². The quantitative estimate of drug-likeness (QED) is 0.110. The zero-order valence-electron chi connectivity index (χ0n) is 29.7. The average Bonchev–Trinajstić information content (AvgIpc) is 3.06. The molecule has 0 heterocycles. The Morgan fingerprint density at radius 1 is 0.776 bits per heavy atom. The lowest BCUT2D eigenvalue weighted by Gasteiger charge is -2.22. The van der Waals surface area contributed by atoms with Crippen LogP contribution in [0.15, 0.2) is 126 Å². The zero-order valence-corrected chi connectivity index (χ0v) is 30.6. The minimum Gasteiger partial charge on any atom is -0.282 e. The van der Waals surface area contributed by atoms with E-state index in [0.29, 0.717) is 5.56 Å². The summed E-state index contributed by atoms with van der Waals surface area (Å²) in [6, 6.07) is 30.7. The van der Waals surface area contributed by atoms with E-state index in [1.807, 2.05) is 64.1 Å². The lowest BCUT2D eigenvalue weighted by Crippen LogP contribution is -2.19. The van der Waals surface area contributed by atoms with Crippen molar-refractivity contribution in [3.63, 3.8) is 0 Å². The largest absolute Gasteiger partial charge is 0.295 e. The Morgan fingerprint density at radius 3 is 1.88 bits per heavy atom. The first-order valence-corrected chi connectivity index (χ1v) is 18.3. The molecule has 0 saturated heterocycles. The van der Waals surface area contributed by atoms with E-state index in [4.69, 9.17) is 0 Å². The molecule has 0 spiro atoms. The van der Waals surface area contributed by atoms with E-state index in [1.165, 1.54) is 22.3 Å². The molecule has 5 nitrogen and oxygen atoms in total. The summed E-state index contributed by atoms with van der Waals surface area (Å²) in [6.45, 7) is 16.8. The second kappa shape index (κ2) is 14.9. The molecule has 0 unspecified atom stereocenters. The third kappa shape index (κ3) is 8.69. The summed E-state index contributed by atoms with van der Waals surface area (Å²) in [5.74, 6) is 0. The molecule has 6 heteroatoms. The van der Waals surface area contributed by atoms with Crippen molar-refractivity contribution in [1.82, 2.24) is 0 Å². The topological polar surface area (TPSA) is 60.4 Å². The molecule has 0 radical (unpaired) electrons. The third-order valence-electron chi connectivity index (χ3n) is 8.99. The summed E-state index contributed by atoms with van der Waals surface area (Å²) in [5.41, 5.74) is 10.4. The van der Waals surface area contributed by atoms with Crippen molar-refractivity contribution in [2.75, 3.05) is 6.54 Å². The third-order valence-corrected chi connectivity index (χ3v) is 9.88. The molecule has 4 aromatic carbocycles. The highest BCUT2D eigenvalue weighted by Gasteiger charge is 2.26. The molecule has 0 atom stereocenters. The molecule has 0 aromatic heterocycles. The predicted octanol–water partition coefficient (Wildman–Crippen LogP) is 9.38. The number of rotatable bonds is 9. The van der Waals surface area contributed by atoms with E-state index >= 15 is 0 Å². The molecule has 49 heavy (non-hydrogen) atoms. The molecule has 1 aliphatic carbocycles. The summed E-state index contributed by atoms with van der Waals surface area (Å²) in [5, 5.41) is 0. The van der Waals surface area contributed by atoms with Crippen molar-refractivity contribution in [1.29, 1.82) is 0 Å². The van der Waals surface area contributed by atoms with Gasteiger partial charge in [0.1, 0.15) is 17.7 Å². The maximum atomic E-state index is 13.0. The number of allylic oxidation sites excluding steroid dienone is 5. The van der Waals surface area contributed by atoms with Crippen molar-refractivity contribution < 1.29 is 22.1 Å². The molecule has 252 valence electrons. The van der Waals surface area contributed by atoms with Crippen molar-refractivity contribution in [2.45, 2.75) is 71.9 Å². The van der Waals surface area contributed by atoms with Crippen LogP contribution in [0.1, 0.15) is 73.6 Å². The molecule has 1 N–H and O–H groups in total. The monoisotopic (exact) mass is 672 g/mol. The Bertz CT molecular complexity index is 2110. The van der Waals surface area contributed by atoms with Crippen LogP contribution >= 0.6 is 0 Å². The van der Waals surface area contributed by atoms with E-state index in [2.05, 4.69) is 109 Å². The summed E-state index contributed by atoms with van der Waals surface area (Å²) in [6.07, 6.45) is 10.3. The van der Waals surface area contributed by atoms with Gasteiger partial charge in [-0.05, 0) is 90.9 Å². The fraction of sp³-hybridized carbons (Fsp3) is 0.256. The smallest absolute Gasteiger partial charge is 0.282 e. The molecule has 0 fully saturated rings. The Kier molecular flexibility index (Phi) is 10.8. The number of hydrogen-bond acceptors (Lipinski definition) is 2. The highest BCUT2D eigenvalue weighted by molar-refractivity contribution is 7.86. The van der Waals surface area contributed by atoms with E-state index in [1.54, 1.807) is 6.07 Å². The molecular formula is C43H48N2O3S+2. The van der Waals surface area contributed by atoms with Gasteiger partial charge >= 0.3 is 0 Å². The summed E-state index contributed by atoms with van der Waals surface area (Å²) in [4.78, 5) is -0.0966. The van der Waals surface area contributed by atoms with Gasteiger partial charge in [-0.3, -0.25) is 4.55 Å². The standard InChI is InChI=1S/C43H47N2O3S/c1-8-44(29-33-14-10-12-31(3)26-33)38-21-16-35(17-22-38)42(40-25-20-37(43(5,6)7)28-41(40)49(46,47)48)36-18-23-39(24-19-36)45(9-2)30-34-15-11-13-32(4)27-34/h8,10-28H,9,29-30H2,1-7H3/q+1/p+1. The molecule has 1 aliphatic rings. The van der Waals surface area contributed by atoms with Crippen LogP contribution in [0.2, 0.25) is 0 Å². The van der Waals surface area contributed by atoms with Gasteiger partial charge < -0.3 is 0 Å². The highest BCUT2D eigenvalue weighted by atomic mass is 32.2. The van der Waals surface area contributed by atoms with Gasteiger partial charge in [0.25, 0.3) is 10.1 Å². The number of nitrogens with zero attached hydrogens (tertiary/aromatic N) is 2. The Hall–Kier alpha value is -4.65. The highest BCUT2D eigenvalue weighted by Crippen LogP contribution is 2.37. The Labute approximate surface area is 292 Å². The van der Waals surface area contributed by atoms with Crippen molar-refractivity contribution in [3.05, 3.63) is 160 Å². The minimum atomic E-state index is -4.55. The molecule has 0 aliphatic heterocycles. The maximum absolute atomic E-state index is 13.0. The number of hydrogen-bond donors (Lipinski definition) is 1. The Balaban J connectivity index is 1.63. The van der Waals surface area contributed by atoms with E-state index in [0.717, 1.165) is 53.3 Å². The molecular weight excluding hydrogens is 625 g/mol. The van der Waals surface area contributed by atoms with Gasteiger partial charge in [0.15, 0.2) is 18.8 Å². The van der Waals surface area contributed by atoms with Gasteiger partial charge in [-0.1, -0.05) is 80.4 Å². The van der Waals surface area contributed by atoms with Crippen LogP contribution in [0, 0.1) is 13.8 Å². The van der Waals surface area contributed by atoms with Crippen LogP contribution in [-0.2, 0) is 28.6 Å².